The summed E-state index contributed by atoms with van der Waals surface area (Å²) in [5.41, 5.74) is 2.76. The third kappa shape index (κ3) is 9.55. The molecule has 1 aliphatic heterocycles. The van der Waals surface area contributed by atoms with Crippen molar-refractivity contribution in [2.45, 2.75) is 111 Å². The molecular formula is C38H54FN7O4Si. The number of benzene rings is 1. The Bertz CT molecular complexity index is 1700. The molecule has 3 aromatic rings. The Morgan fingerprint density at radius 1 is 1.00 bits per heavy atom. The number of rotatable bonds is 12. The van der Waals surface area contributed by atoms with Gasteiger partial charge in [0.2, 0.25) is 5.91 Å². The molecule has 13 heteroatoms. The van der Waals surface area contributed by atoms with Gasteiger partial charge < -0.3 is 24.7 Å². The molecule has 11 nitrogen and oxygen atoms in total. The number of likely N-dealkylation sites (tertiary alicyclic amines) is 1. The van der Waals surface area contributed by atoms with Gasteiger partial charge in [-0.3, -0.25) is 9.59 Å². The Kier molecular flexibility index (Phi) is 11.9. The van der Waals surface area contributed by atoms with E-state index < -0.39 is 14.1 Å². The largest absolute Gasteiger partial charge is 0.462 e. The number of esters is 1. The number of halogens is 1. The van der Waals surface area contributed by atoms with Crippen LogP contribution in [0.4, 0.5) is 21.7 Å². The molecule has 3 heterocycles. The van der Waals surface area contributed by atoms with Crippen LogP contribution in [0.1, 0.15) is 78.5 Å². The van der Waals surface area contributed by atoms with Gasteiger partial charge in [-0.25, -0.2) is 14.4 Å². The fraction of sp³-hybridized carbons (Fsp3) is 0.579. The lowest BCUT2D eigenvalue weighted by molar-refractivity contribution is -0.157. The number of amides is 1. The Labute approximate surface area is 302 Å². The lowest BCUT2D eigenvalue weighted by Gasteiger charge is -2.44. The lowest BCUT2D eigenvalue weighted by Crippen LogP contribution is -2.51. The van der Waals surface area contributed by atoms with Gasteiger partial charge >= 0.3 is 5.97 Å². The first-order valence-corrected chi connectivity index (χ1v) is 21.0. The van der Waals surface area contributed by atoms with Crippen LogP contribution < -0.4 is 10.6 Å². The second-order valence-corrected chi connectivity index (χ2v) is 20.9. The Hall–Kier alpha value is -3.81. The van der Waals surface area contributed by atoms with E-state index in [4.69, 9.17) is 9.16 Å². The highest BCUT2D eigenvalue weighted by Crippen LogP contribution is 2.38. The van der Waals surface area contributed by atoms with E-state index in [9.17, 15) is 14.0 Å². The van der Waals surface area contributed by atoms with Crippen molar-refractivity contribution in [3.05, 3.63) is 53.7 Å². The molecule has 51 heavy (non-hydrogen) atoms. The quantitative estimate of drug-likeness (QED) is 0.142. The third-order valence-corrected chi connectivity index (χ3v) is 15.4. The molecule has 276 valence electrons. The monoisotopic (exact) mass is 719 g/mol. The summed E-state index contributed by atoms with van der Waals surface area (Å²) >= 11 is 0. The summed E-state index contributed by atoms with van der Waals surface area (Å²) < 4.78 is 27.0. The van der Waals surface area contributed by atoms with Gasteiger partial charge in [0.15, 0.2) is 8.32 Å². The highest BCUT2D eigenvalue weighted by molar-refractivity contribution is 6.74. The summed E-state index contributed by atoms with van der Waals surface area (Å²) in [7, 11) is -2.12. The van der Waals surface area contributed by atoms with Crippen molar-refractivity contribution in [3.63, 3.8) is 0 Å². The van der Waals surface area contributed by atoms with Crippen molar-refractivity contribution in [2.75, 3.05) is 23.7 Å². The molecule has 1 amide bonds. The predicted molar refractivity (Wildman–Crippen MR) is 199 cm³/mol. The second-order valence-electron chi connectivity index (χ2n) is 16.0. The van der Waals surface area contributed by atoms with Crippen molar-refractivity contribution < 1.29 is 23.1 Å². The molecule has 1 saturated carbocycles. The van der Waals surface area contributed by atoms with Gasteiger partial charge in [0.25, 0.3) is 0 Å². The summed E-state index contributed by atoms with van der Waals surface area (Å²) in [5.74, 6) is 0.381. The van der Waals surface area contributed by atoms with E-state index in [0.717, 1.165) is 44.3 Å². The zero-order valence-corrected chi connectivity index (χ0v) is 32.5. The zero-order chi connectivity index (χ0) is 37.1. The highest BCUT2D eigenvalue weighted by atomic mass is 28.4. The second kappa shape index (κ2) is 15.8. The van der Waals surface area contributed by atoms with Crippen molar-refractivity contribution in [1.29, 1.82) is 0 Å². The van der Waals surface area contributed by atoms with Gasteiger partial charge in [-0.2, -0.15) is 5.10 Å². The van der Waals surface area contributed by atoms with Gasteiger partial charge in [0.1, 0.15) is 35.6 Å². The number of aryl methyl sites for hydroxylation is 1. The van der Waals surface area contributed by atoms with Gasteiger partial charge in [-0.1, -0.05) is 46.2 Å². The first kappa shape index (κ1) is 38.4. The first-order chi connectivity index (χ1) is 24.0. The molecule has 2 aromatic heterocycles. The van der Waals surface area contributed by atoms with Crippen LogP contribution in [0, 0.1) is 30.5 Å². The fourth-order valence-corrected chi connectivity index (χ4v) is 6.87. The maximum atomic E-state index is 14.9. The number of aromatic nitrogens is 4. The van der Waals surface area contributed by atoms with Crippen LogP contribution in [0.2, 0.25) is 18.1 Å². The van der Waals surface area contributed by atoms with E-state index in [1.54, 1.807) is 24.3 Å². The fourth-order valence-electron chi connectivity index (χ4n) is 5.94. The topological polar surface area (TPSA) is 131 Å². The summed E-state index contributed by atoms with van der Waals surface area (Å²) in [6, 6.07) is 8.63. The number of hydrogen-bond acceptors (Lipinski definition) is 10. The number of carbonyl (C=O) groups is 2. The number of anilines is 3. The van der Waals surface area contributed by atoms with Crippen LogP contribution in [0.15, 0.2) is 36.7 Å². The molecule has 0 radical (unpaired) electrons. The van der Waals surface area contributed by atoms with Gasteiger partial charge in [0.05, 0.1) is 23.9 Å². The Balaban J connectivity index is 1.21. The highest BCUT2D eigenvalue weighted by Gasteiger charge is 2.40. The number of nitrogens with one attached hydrogen (secondary N) is 2. The standard InChI is InChI=1S/C38H54FN7O4Si/c1-23(2)25(4)50-37(48)26-12-14-46(15-13-26)28-17-27(18-28)36(47)43-35-20-34(40-22-41-35)42-32-19-31(29-16-24(3)10-11-30(29)39)44-45-33(32)21-49-51(8,9)38(5,6)7/h10-11,16,19-20,22-23,25-28H,12-15,17-18,21H2,1-9H3,(H2,40,41,42,43,44,47). The van der Waals surface area contributed by atoms with Gasteiger partial charge in [-0.05, 0) is 94.9 Å². The normalized spacial score (nSPS) is 19.4. The van der Waals surface area contributed by atoms with Crippen molar-refractivity contribution in [3.8, 4) is 11.3 Å². The summed E-state index contributed by atoms with van der Waals surface area (Å²) in [6.07, 6.45) is 4.40. The molecule has 1 saturated heterocycles. The van der Waals surface area contributed by atoms with Crippen molar-refractivity contribution in [2.24, 2.45) is 17.8 Å². The van der Waals surface area contributed by atoms with Crippen LogP contribution in [-0.4, -0.2) is 70.5 Å². The molecule has 1 aromatic carbocycles. The van der Waals surface area contributed by atoms with E-state index in [-0.39, 0.29) is 41.5 Å². The van der Waals surface area contributed by atoms with Crippen LogP contribution in [0.5, 0.6) is 0 Å². The molecule has 2 N–H and O–H groups in total. The molecule has 1 aliphatic carbocycles. The van der Waals surface area contributed by atoms with Crippen molar-refractivity contribution in [1.82, 2.24) is 25.1 Å². The molecule has 1 unspecified atom stereocenters. The summed E-state index contributed by atoms with van der Waals surface area (Å²) in [6.45, 7) is 20.7. The van der Waals surface area contributed by atoms with E-state index in [2.05, 4.69) is 83.4 Å². The summed E-state index contributed by atoms with van der Waals surface area (Å²) in [4.78, 5) is 36.9. The minimum absolute atomic E-state index is 0.00258. The van der Waals surface area contributed by atoms with Crippen LogP contribution in [0.25, 0.3) is 11.3 Å². The number of carbonyl (C=O) groups excluding carboxylic acids is 2. The molecule has 2 fully saturated rings. The predicted octanol–water partition coefficient (Wildman–Crippen LogP) is 7.66. The first-order valence-electron chi connectivity index (χ1n) is 18.1. The molecule has 0 spiro atoms. The third-order valence-electron chi connectivity index (χ3n) is 10.9. The van der Waals surface area contributed by atoms with Gasteiger partial charge in [0, 0.05) is 23.6 Å². The average molecular weight is 720 g/mol. The SMILES string of the molecule is Cc1ccc(F)c(-c2cc(Nc3cc(NC(=O)C4CC(N5CCC(C(=O)OC(C)C(C)C)CC5)C4)ncn3)c(CO[Si](C)(C)C(C)(C)C)nn2)c1. The van der Waals surface area contributed by atoms with E-state index >= 15 is 0 Å². The van der Waals surface area contributed by atoms with Crippen LogP contribution >= 0.6 is 0 Å². The van der Waals surface area contributed by atoms with E-state index in [1.807, 2.05) is 13.8 Å². The molecule has 0 bridgehead atoms. The molecule has 2 aliphatic rings. The molecule has 5 rings (SSSR count). The zero-order valence-electron chi connectivity index (χ0n) is 31.5. The maximum absolute atomic E-state index is 14.9. The summed E-state index contributed by atoms with van der Waals surface area (Å²) in [5, 5.41) is 15.1. The number of nitrogens with zero attached hydrogens (tertiary/aromatic N) is 5. The number of piperidine rings is 1. The molecular weight excluding hydrogens is 666 g/mol. The van der Waals surface area contributed by atoms with Gasteiger partial charge in [-0.15, -0.1) is 5.10 Å². The van der Waals surface area contributed by atoms with Crippen LogP contribution in [0.3, 0.4) is 0 Å². The molecule has 1 atom stereocenters. The lowest BCUT2D eigenvalue weighted by atomic mass is 9.77. The van der Waals surface area contributed by atoms with E-state index in [0.29, 0.717) is 46.2 Å². The smallest absolute Gasteiger partial charge is 0.309 e. The number of hydrogen-bond donors (Lipinski definition) is 2. The minimum atomic E-state index is -2.12. The van der Waals surface area contributed by atoms with Crippen LogP contribution in [-0.2, 0) is 25.4 Å². The Morgan fingerprint density at radius 2 is 1.69 bits per heavy atom. The Morgan fingerprint density at radius 3 is 2.35 bits per heavy atom. The number of ether oxygens (including phenoxy) is 1. The van der Waals surface area contributed by atoms with E-state index in [1.165, 1.54) is 12.4 Å². The minimum Gasteiger partial charge on any atom is -0.462 e. The average Bonchev–Trinajstić information content (AvgIpc) is 3.04. The van der Waals surface area contributed by atoms with Crippen molar-refractivity contribution >= 4 is 37.5 Å². The maximum Gasteiger partial charge on any atom is 0.309 e.